The zero-order valence-electron chi connectivity index (χ0n) is 97.2. The highest BCUT2D eigenvalue weighted by atomic mass is 32.2. The quantitative estimate of drug-likeness (QED) is 0.0297. The zero-order valence-corrected chi connectivity index (χ0v) is 102. The lowest BCUT2D eigenvalue weighted by Gasteiger charge is -2.49. The highest BCUT2D eigenvalue weighted by Gasteiger charge is 2.61. The molecule has 15 rings (SSSR count). The van der Waals surface area contributed by atoms with Gasteiger partial charge in [0.15, 0.2) is 25.0 Å². The Hall–Kier alpha value is -3.07. The number of benzene rings is 2. The third kappa shape index (κ3) is 28.2. The lowest BCUT2D eigenvalue weighted by molar-refractivity contribution is -0.126. The third-order valence-electron chi connectivity index (χ3n) is 43.3. The maximum absolute atomic E-state index is 12.7. The van der Waals surface area contributed by atoms with Gasteiger partial charge in [-0.1, -0.05) is 269 Å². The minimum absolute atomic E-state index is 0.0837. The number of ketones is 1. The van der Waals surface area contributed by atoms with Crippen LogP contribution in [-0.2, 0) is 51.5 Å². The van der Waals surface area contributed by atoms with Gasteiger partial charge in [0.1, 0.15) is 12.1 Å². The van der Waals surface area contributed by atoms with E-state index in [9.17, 15) is 46.9 Å². The Bertz CT molecular complexity index is 4810. The highest BCUT2D eigenvalue weighted by molar-refractivity contribution is 7.87. The summed E-state index contributed by atoms with van der Waals surface area (Å²) < 4.78 is 81.7. The summed E-state index contributed by atoms with van der Waals surface area (Å²) in [5.41, 5.74) is 7.76. The number of Topliss-reactive ketones (excluding diaryl/α,β-unsaturated/α-hetero) is 1. The summed E-state index contributed by atoms with van der Waals surface area (Å²) in [6, 6.07) is 13.6. The molecular formula is C124H212O15S2Si3. The van der Waals surface area contributed by atoms with Crippen molar-refractivity contribution in [2.75, 3.05) is 19.8 Å². The SMILES string of the molecule is C=C1CC[C@H](O)C/C1=C/C=C1\CCC[C@]2(C)[C@@H]([C@H](C)/C=C/[C@H](C)C(C)C)CC[C@@H]12.CC(=O)[C@H]1CC[C@H]2[C@@H](O[Si](C)(C)C(C)(C)C)CCC[C@]12C.C[C@H](C=O)[C@H]1CC[C@H]2[C@@H](O[Si](C)(C)C(C)(C)C)CCC[C@]12C.C[C@H](CO)[C@H]1CC[C@H]2[C@@H](O)CCC[C@]12C.Cc1ccc(S(=O)(=O)OC[C@@H](C)[C@H]2CC[C@H]3[C@@H](O)CCC[C@]23C)cc1.Cc1ccc(S(=O)(=O)OC[C@@H](C)[C@H]2CC[C@H]3[C@@H](O[Si](C)(C)C(C)(C)C)CCC[C@]23C)cc1. The first kappa shape index (κ1) is 123. The summed E-state index contributed by atoms with van der Waals surface area (Å²) >= 11 is 0. The van der Waals surface area contributed by atoms with E-state index in [4.69, 9.17) is 21.6 Å². The lowest BCUT2D eigenvalue weighted by atomic mass is 9.61. The van der Waals surface area contributed by atoms with Crippen LogP contribution in [-0.4, -0.2) is 131 Å². The molecular weight excluding hydrogens is 1880 g/mol. The van der Waals surface area contributed by atoms with Crippen molar-refractivity contribution in [2.24, 2.45) is 145 Å². The fourth-order valence-corrected chi connectivity index (χ4v) is 37.1. The Morgan fingerprint density at radius 2 is 0.792 bits per heavy atom. The van der Waals surface area contributed by atoms with Gasteiger partial charge >= 0.3 is 0 Å². The smallest absolute Gasteiger partial charge is 0.296 e. The summed E-state index contributed by atoms with van der Waals surface area (Å²) in [4.78, 5) is 23.8. The van der Waals surface area contributed by atoms with Crippen LogP contribution in [0.4, 0.5) is 0 Å². The number of hydrogen-bond donors (Lipinski definition) is 4. The van der Waals surface area contributed by atoms with E-state index in [1.165, 1.54) is 139 Å². The standard InChI is InChI=1S/C28H44O.C26H44O4SSi.C20H30O4S.C19H36O2Si.C18H34O2Si.C13H24O2/c1-19(2)20(3)9-10-22(5)26-15-16-27-23(8-7-17-28(26,27)6)12-13-24-18-25(29)14-11-21(24)4;1-19-11-13-21(14-12-19)31(27,28)29-18-20(2)22-15-16-23-24(10-9-17-26(22,23)6)30-32(7,8)25(3,4)5;1-14-6-8-16(9-7-14)25(22,23)24-13-15(2)17-10-11-18-19(21)5-4-12-20(17,18)3;1-14(13-20)15-10-11-16-17(9-8-12-19(15,16)5)21-22(6,7)18(2,3)4;1-13(19)14-10-11-15-16(9-8-12-18(14,15)5)20-21(6,7)17(2,3)4;1-9(8-14)10-5-6-11-12(15)4-3-7-13(10,11)2/h9-10,12-13,19-20,22,25-27,29H,4,7-8,11,14-18H2,1-3,5-6H3;11-14,20,22-24H,9-10,15-18H2,1-8H3;6-9,15,17-19,21H,4-5,10-13H2,1-3H3;13-17H,8-12H2,1-7H3;14-16H,8-12H2,1-7H3;9-12,14-15H,3-8H2,1-2H3/b10-9+,23-12+,24-13-;;;;;/t20-,22+,25-,26+,27-,28+;20-,22-,23+,24+,26-;15-,17-,18+,19+,20-;14-,15-,16+,17+,19-;14-,15+,16+,18-;9-,10-,11+,12+,13-/m011111/s1. The second-order valence-electron chi connectivity index (χ2n) is 56.0. The average molecular weight is 2090 g/mol. The number of carbonyl (C=O) groups excluding carboxylic acids is 2. The first-order valence-electron chi connectivity index (χ1n) is 58.1. The van der Waals surface area contributed by atoms with Crippen LogP contribution in [0.5, 0.6) is 0 Å². The number of aryl methyl sites for hydroxylation is 2. The topological polar surface area (TPSA) is 229 Å². The maximum atomic E-state index is 12.7. The molecule has 13 aliphatic rings. The predicted octanol–water partition coefficient (Wildman–Crippen LogP) is 31.3. The molecule has 20 heteroatoms. The van der Waals surface area contributed by atoms with Crippen LogP contribution in [0.2, 0.25) is 54.4 Å². The molecule has 4 N–H and O–H groups in total. The molecule has 0 radical (unpaired) electrons. The number of hydrogen-bond acceptors (Lipinski definition) is 15. The van der Waals surface area contributed by atoms with E-state index in [1.54, 1.807) is 48.9 Å². The van der Waals surface area contributed by atoms with Gasteiger partial charge in [0.25, 0.3) is 20.2 Å². The summed E-state index contributed by atoms with van der Waals surface area (Å²) in [7, 11) is -12.7. The first-order valence-corrected chi connectivity index (χ1v) is 69.6. The molecule has 0 amide bonds. The van der Waals surface area contributed by atoms with Crippen molar-refractivity contribution in [1.29, 1.82) is 0 Å². The Morgan fingerprint density at radius 3 is 1.19 bits per heavy atom. The van der Waals surface area contributed by atoms with Gasteiger partial charge in [-0.15, -0.1) is 0 Å². The molecule has 0 saturated heterocycles. The van der Waals surface area contributed by atoms with E-state index in [-0.39, 0.29) is 96.3 Å². The second-order valence-corrected chi connectivity index (χ2v) is 73.5. The minimum atomic E-state index is -3.72. The third-order valence-corrected chi connectivity index (χ3v) is 59.4. The van der Waals surface area contributed by atoms with Crippen LogP contribution in [0.15, 0.2) is 106 Å². The fraction of sp³-hybridized carbons (Fsp3) is 0.823. The number of aliphatic hydroxyl groups is 4. The number of fused-ring (bicyclic) bond motifs is 6. The van der Waals surface area contributed by atoms with E-state index < -0.39 is 45.2 Å². The molecule has 2 aromatic carbocycles. The van der Waals surface area contributed by atoms with Gasteiger partial charge in [-0.25, -0.2) is 0 Å². The van der Waals surface area contributed by atoms with Crippen LogP contribution in [0.1, 0.15) is 389 Å². The molecule has 0 unspecified atom stereocenters. The lowest BCUT2D eigenvalue weighted by Crippen LogP contribution is -2.50. The first-order chi connectivity index (χ1) is 66.7. The number of allylic oxidation sites excluding steroid dienone is 6. The van der Waals surface area contributed by atoms with Crippen LogP contribution in [0, 0.1) is 159 Å². The average Bonchev–Trinajstić information content (AvgIpc) is 1.54. The Kier molecular flexibility index (Phi) is 42.1. The second kappa shape index (κ2) is 49.4. The van der Waals surface area contributed by atoms with Crippen molar-refractivity contribution >= 4 is 57.3 Å². The number of aldehydes is 1. The van der Waals surface area contributed by atoms with E-state index in [1.807, 2.05) is 26.0 Å². The van der Waals surface area contributed by atoms with Gasteiger partial charge in [0.2, 0.25) is 0 Å². The molecule has 13 aliphatic carbocycles. The molecule has 0 bridgehead atoms. The molecule has 822 valence electrons. The van der Waals surface area contributed by atoms with Crippen molar-refractivity contribution in [3.8, 4) is 0 Å². The molecule has 0 aliphatic heterocycles. The molecule has 13 fully saturated rings. The summed E-state index contributed by atoms with van der Waals surface area (Å²) in [5, 5.41) is 40.5. The van der Waals surface area contributed by atoms with Gasteiger partial charge in [0, 0.05) is 36.8 Å². The van der Waals surface area contributed by atoms with Crippen molar-refractivity contribution in [2.45, 2.75) is 493 Å². The van der Waals surface area contributed by atoms with E-state index in [0.29, 0.717) is 118 Å². The number of aliphatic hydroxyl groups excluding tert-OH is 4. The van der Waals surface area contributed by atoms with Crippen LogP contribution >= 0.6 is 0 Å². The van der Waals surface area contributed by atoms with Crippen LogP contribution < -0.4 is 0 Å². The molecule has 13 saturated carbocycles. The summed E-state index contributed by atoms with van der Waals surface area (Å²) in [6.07, 6.45) is 49.7. The molecule has 0 heterocycles. The van der Waals surface area contributed by atoms with E-state index >= 15 is 0 Å². The predicted molar refractivity (Wildman–Crippen MR) is 604 cm³/mol. The van der Waals surface area contributed by atoms with Gasteiger partial charge < -0.3 is 38.5 Å². The van der Waals surface area contributed by atoms with Crippen LogP contribution in [0.25, 0.3) is 0 Å². The van der Waals surface area contributed by atoms with E-state index in [2.05, 4.69) is 229 Å². The molecule has 30 atom stereocenters. The van der Waals surface area contributed by atoms with Crippen molar-refractivity contribution in [3.05, 3.63) is 107 Å². The Morgan fingerprint density at radius 1 is 0.438 bits per heavy atom. The minimum Gasteiger partial charge on any atom is -0.414 e. The van der Waals surface area contributed by atoms with Crippen molar-refractivity contribution in [3.63, 3.8) is 0 Å². The molecule has 0 spiro atoms. The number of rotatable bonds is 26. The van der Waals surface area contributed by atoms with Crippen molar-refractivity contribution < 1.29 is 68.5 Å². The largest absolute Gasteiger partial charge is 0.414 e. The Labute approximate surface area is 884 Å². The molecule has 2 aromatic rings. The van der Waals surface area contributed by atoms with Crippen molar-refractivity contribution in [1.82, 2.24) is 0 Å². The maximum Gasteiger partial charge on any atom is 0.296 e. The summed E-state index contributed by atoms with van der Waals surface area (Å²) in [6.45, 7) is 78.1. The Balaban J connectivity index is 0.000000180. The highest BCUT2D eigenvalue weighted by Crippen LogP contribution is 2.66. The normalized spacial score (nSPS) is 36.4. The molecule has 15 nitrogen and oxygen atoms in total. The molecule has 0 aromatic heterocycles. The number of carbonyl (C=O) groups is 2. The molecule has 144 heavy (non-hydrogen) atoms. The van der Waals surface area contributed by atoms with Gasteiger partial charge in [-0.3, -0.25) is 13.2 Å². The zero-order chi connectivity index (χ0) is 107. The van der Waals surface area contributed by atoms with Crippen LogP contribution in [0.3, 0.4) is 0 Å². The fourth-order valence-electron chi connectivity index (χ4n) is 30.9. The van der Waals surface area contributed by atoms with Gasteiger partial charge in [0.05, 0.1) is 41.3 Å². The van der Waals surface area contributed by atoms with Gasteiger partial charge in [-0.05, 0) is 418 Å². The van der Waals surface area contributed by atoms with Gasteiger partial charge in [-0.2, -0.15) is 16.8 Å². The monoisotopic (exact) mass is 2090 g/mol. The van der Waals surface area contributed by atoms with E-state index in [0.717, 1.165) is 119 Å². The summed E-state index contributed by atoms with van der Waals surface area (Å²) in [5.74, 6) is 9.86.